The Hall–Kier alpha value is -1.73. The van der Waals surface area contributed by atoms with Crippen molar-refractivity contribution in [2.75, 3.05) is 20.1 Å². The number of nitrogens with zero attached hydrogens (tertiary/aromatic N) is 3. The van der Waals surface area contributed by atoms with Crippen molar-refractivity contribution in [3.8, 4) is 5.88 Å². The molecular formula is C14H17N3O3S. The maximum absolute atomic E-state index is 11.2. The zero-order valence-electron chi connectivity index (χ0n) is 12.0. The van der Waals surface area contributed by atoms with E-state index in [1.54, 1.807) is 6.92 Å². The van der Waals surface area contributed by atoms with Crippen LogP contribution in [-0.4, -0.2) is 52.2 Å². The van der Waals surface area contributed by atoms with Crippen molar-refractivity contribution in [3.05, 3.63) is 16.8 Å². The summed E-state index contributed by atoms with van der Waals surface area (Å²) in [4.78, 5) is 22.9. The third kappa shape index (κ3) is 2.71. The molecule has 0 saturated carbocycles. The fraction of sp³-hybridized carbons (Fsp3) is 0.500. The second-order valence-electron chi connectivity index (χ2n) is 5.34. The summed E-state index contributed by atoms with van der Waals surface area (Å²) in [6.45, 7) is 3.79. The molecule has 1 aliphatic rings. The zero-order chi connectivity index (χ0) is 15.0. The highest BCUT2D eigenvalue weighted by Gasteiger charge is 2.23. The molecule has 2 aromatic rings. The van der Waals surface area contributed by atoms with Gasteiger partial charge in [0.25, 0.3) is 0 Å². The van der Waals surface area contributed by atoms with Gasteiger partial charge in [0.05, 0.1) is 5.39 Å². The Morgan fingerprint density at radius 2 is 2.14 bits per heavy atom. The first kappa shape index (κ1) is 14.2. The van der Waals surface area contributed by atoms with E-state index >= 15 is 0 Å². The number of thiophene rings is 1. The average Bonchev–Trinajstić information content (AvgIpc) is 2.80. The summed E-state index contributed by atoms with van der Waals surface area (Å²) in [5.41, 5.74) is 0.686. The number of rotatable bonds is 3. The quantitative estimate of drug-likeness (QED) is 0.936. The highest BCUT2D eigenvalue weighted by Crippen LogP contribution is 2.35. The van der Waals surface area contributed by atoms with Gasteiger partial charge in [-0.25, -0.2) is 14.8 Å². The molecule has 7 heteroatoms. The number of hydrogen-bond donors (Lipinski definition) is 1. The summed E-state index contributed by atoms with van der Waals surface area (Å²) in [6, 6.07) is 0. The number of fused-ring (bicyclic) bond motifs is 1. The number of carboxylic acids is 1. The van der Waals surface area contributed by atoms with Crippen LogP contribution in [-0.2, 0) is 0 Å². The van der Waals surface area contributed by atoms with Crippen LogP contribution in [0, 0.1) is 6.92 Å². The molecule has 1 fully saturated rings. The fourth-order valence-corrected chi connectivity index (χ4v) is 3.57. The first-order valence-electron chi connectivity index (χ1n) is 6.89. The van der Waals surface area contributed by atoms with Gasteiger partial charge in [-0.1, -0.05) is 0 Å². The number of hydrogen-bond acceptors (Lipinski definition) is 6. The minimum atomic E-state index is -0.930. The van der Waals surface area contributed by atoms with Gasteiger partial charge < -0.3 is 14.7 Å². The molecule has 0 aliphatic carbocycles. The molecule has 0 unspecified atom stereocenters. The van der Waals surface area contributed by atoms with Crippen molar-refractivity contribution in [1.82, 2.24) is 14.9 Å². The summed E-state index contributed by atoms with van der Waals surface area (Å²) < 4.78 is 6.03. The number of aromatic carboxylic acids is 1. The van der Waals surface area contributed by atoms with E-state index in [1.165, 1.54) is 17.7 Å². The first-order chi connectivity index (χ1) is 10.1. The van der Waals surface area contributed by atoms with E-state index in [0.29, 0.717) is 21.2 Å². The predicted molar refractivity (Wildman–Crippen MR) is 80.3 cm³/mol. The molecule has 3 rings (SSSR count). The zero-order valence-corrected chi connectivity index (χ0v) is 12.8. The highest BCUT2D eigenvalue weighted by atomic mass is 32.1. The Labute approximate surface area is 126 Å². The Bertz CT molecular complexity index is 677. The van der Waals surface area contributed by atoms with Crippen molar-refractivity contribution in [3.63, 3.8) is 0 Å². The maximum Gasteiger partial charge on any atom is 0.346 e. The minimum absolute atomic E-state index is 0.131. The molecule has 0 bridgehead atoms. The SMILES string of the molecule is Cc1c(C(=O)O)sc2ncnc(OC3CCN(C)CC3)c12. The molecule has 1 aliphatic heterocycles. The molecule has 2 aromatic heterocycles. The summed E-state index contributed by atoms with van der Waals surface area (Å²) >= 11 is 1.17. The Morgan fingerprint density at radius 1 is 1.43 bits per heavy atom. The summed E-state index contributed by atoms with van der Waals surface area (Å²) in [5.74, 6) is -0.420. The van der Waals surface area contributed by atoms with E-state index in [-0.39, 0.29) is 6.10 Å². The Morgan fingerprint density at radius 3 is 2.81 bits per heavy atom. The molecule has 0 aromatic carbocycles. The maximum atomic E-state index is 11.2. The third-order valence-corrected chi connectivity index (χ3v) is 5.02. The molecule has 112 valence electrons. The average molecular weight is 307 g/mol. The topological polar surface area (TPSA) is 75.5 Å². The van der Waals surface area contributed by atoms with Gasteiger partial charge in [-0.15, -0.1) is 11.3 Å². The molecule has 21 heavy (non-hydrogen) atoms. The third-order valence-electron chi connectivity index (χ3n) is 3.83. The van der Waals surface area contributed by atoms with Crippen LogP contribution in [0.4, 0.5) is 0 Å². The monoisotopic (exact) mass is 307 g/mol. The molecule has 3 heterocycles. The van der Waals surface area contributed by atoms with E-state index in [0.717, 1.165) is 31.3 Å². The van der Waals surface area contributed by atoms with Gasteiger partial charge in [-0.3, -0.25) is 0 Å². The van der Waals surface area contributed by atoms with Gasteiger partial charge in [0, 0.05) is 13.1 Å². The molecule has 6 nitrogen and oxygen atoms in total. The molecule has 0 spiro atoms. The van der Waals surface area contributed by atoms with Crippen LogP contribution in [0.5, 0.6) is 5.88 Å². The van der Waals surface area contributed by atoms with Crippen LogP contribution >= 0.6 is 11.3 Å². The van der Waals surface area contributed by atoms with E-state index < -0.39 is 5.97 Å². The van der Waals surface area contributed by atoms with Gasteiger partial charge >= 0.3 is 5.97 Å². The number of ether oxygens (including phenoxy) is 1. The number of likely N-dealkylation sites (tertiary alicyclic amines) is 1. The number of piperidine rings is 1. The number of aryl methyl sites for hydroxylation is 1. The van der Waals surface area contributed by atoms with Gasteiger partial charge in [0.2, 0.25) is 5.88 Å². The number of carbonyl (C=O) groups is 1. The van der Waals surface area contributed by atoms with Crippen molar-refractivity contribution in [1.29, 1.82) is 0 Å². The Kier molecular flexibility index (Phi) is 3.77. The van der Waals surface area contributed by atoms with Crippen LogP contribution in [0.25, 0.3) is 10.2 Å². The van der Waals surface area contributed by atoms with Crippen molar-refractivity contribution in [2.24, 2.45) is 0 Å². The highest BCUT2D eigenvalue weighted by molar-refractivity contribution is 7.20. The van der Waals surface area contributed by atoms with Crippen LogP contribution in [0.2, 0.25) is 0 Å². The first-order valence-corrected chi connectivity index (χ1v) is 7.70. The minimum Gasteiger partial charge on any atom is -0.477 e. The predicted octanol–water partition coefficient (Wildman–Crippen LogP) is 2.17. The molecule has 0 atom stereocenters. The summed E-state index contributed by atoms with van der Waals surface area (Å²) in [6.07, 6.45) is 3.48. The lowest BCUT2D eigenvalue weighted by atomic mass is 10.1. The molecular weight excluding hydrogens is 290 g/mol. The number of aromatic nitrogens is 2. The van der Waals surface area contributed by atoms with Gasteiger partial charge in [0.1, 0.15) is 22.1 Å². The van der Waals surface area contributed by atoms with Crippen LogP contribution in [0.1, 0.15) is 28.1 Å². The van der Waals surface area contributed by atoms with Crippen molar-refractivity contribution < 1.29 is 14.6 Å². The lowest BCUT2D eigenvalue weighted by Gasteiger charge is -2.29. The van der Waals surface area contributed by atoms with Gasteiger partial charge in [0.15, 0.2) is 0 Å². The van der Waals surface area contributed by atoms with E-state index in [9.17, 15) is 9.90 Å². The largest absolute Gasteiger partial charge is 0.477 e. The number of carboxylic acid groups (broad SMARTS) is 1. The lowest BCUT2D eigenvalue weighted by molar-refractivity contribution is 0.0701. The normalized spacial score (nSPS) is 17.2. The van der Waals surface area contributed by atoms with Gasteiger partial charge in [-0.2, -0.15) is 0 Å². The van der Waals surface area contributed by atoms with Crippen molar-refractivity contribution in [2.45, 2.75) is 25.9 Å². The second-order valence-corrected chi connectivity index (χ2v) is 6.34. The Balaban J connectivity index is 1.93. The van der Waals surface area contributed by atoms with Crippen LogP contribution in [0.3, 0.4) is 0 Å². The smallest absolute Gasteiger partial charge is 0.346 e. The van der Waals surface area contributed by atoms with Crippen LogP contribution in [0.15, 0.2) is 6.33 Å². The second kappa shape index (κ2) is 5.57. The molecule has 1 saturated heterocycles. The fourth-order valence-electron chi connectivity index (χ4n) is 2.59. The molecule has 0 radical (unpaired) electrons. The van der Waals surface area contributed by atoms with E-state index in [2.05, 4.69) is 21.9 Å². The van der Waals surface area contributed by atoms with Gasteiger partial charge in [-0.05, 0) is 32.4 Å². The summed E-state index contributed by atoms with van der Waals surface area (Å²) in [5, 5.41) is 9.96. The summed E-state index contributed by atoms with van der Waals surface area (Å²) in [7, 11) is 2.10. The standard InChI is InChI=1S/C14H17N3O3S/c1-8-10-12(20-9-3-5-17(2)6-4-9)15-7-16-13(10)21-11(8)14(18)19/h7,9H,3-6H2,1-2H3,(H,18,19). The molecule has 0 amide bonds. The van der Waals surface area contributed by atoms with Crippen LogP contribution < -0.4 is 4.74 Å². The lowest BCUT2D eigenvalue weighted by Crippen LogP contribution is -2.35. The molecule has 1 N–H and O–H groups in total. The van der Waals surface area contributed by atoms with Crippen molar-refractivity contribution >= 4 is 27.5 Å². The van der Waals surface area contributed by atoms with E-state index in [4.69, 9.17) is 4.74 Å². The van der Waals surface area contributed by atoms with E-state index in [1.807, 2.05) is 0 Å².